The fourth-order valence-corrected chi connectivity index (χ4v) is 3.30. The molecular formula is C22H27N3O5. The van der Waals surface area contributed by atoms with Crippen molar-refractivity contribution in [3.8, 4) is 17.2 Å². The lowest BCUT2D eigenvalue weighted by molar-refractivity contribution is -0.120. The van der Waals surface area contributed by atoms with Gasteiger partial charge in [0.15, 0.2) is 11.5 Å². The number of hydrogen-bond donors (Lipinski definition) is 3. The first-order valence-electron chi connectivity index (χ1n) is 9.91. The van der Waals surface area contributed by atoms with Gasteiger partial charge in [-0.2, -0.15) is 0 Å². The number of ether oxygens (including phenoxy) is 3. The second kappa shape index (κ2) is 10.4. The van der Waals surface area contributed by atoms with Crippen LogP contribution in [-0.4, -0.2) is 38.7 Å². The van der Waals surface area contributed by atoms with E-state index < -0.39 is 11.8 Å². The zero-order valence-corrected chi connectivity index (χ0v) is 17.2. The summed E-state index contributed by atoms with van der Waals surface area (Å²) in [4.78, 5) is 24.4. The van der Waals surface area contributed by atoms with Gasteiger partial charge in [0, 0.05) is 5.56 Å². The van der Waals surface area contributed by atoms with E-state index in [1.165, 1.54) is 20.0 Å². The first kappa shape index (κ1) is 21.3. The van der Waals surface area contributed by atoms with Gasteiger partial charge in [-0.05, 0) is 56.0 Å². The molecule has 2 aromatic carbocycles. The van der Waals surface area contributed by atoms with E-state index in [9.17, 15) is 9.59 Å². The Labute approximate surface area is 175 Å². The molecule has 0 spiro atoms. The van der Waals surface area contributed by atoms with Gasteiger partial charge in [-0.25, -0.2) is 0 Å². The lowest BCUT2D eigenvalue weighted by atomic mass is 10.2. The van der Waals surface area contributed by atoms with Crippen molar-refractivity contribution in [2.45, 2.75) is 31.8 Å². The molecule has 2 amide bonds. The number of benzene rings is 2. The second-order valence-electron chi connectivity index (χ2n) is 6.95. The molecule has 0 unspecified atom stereocenters. The van der Waals surface area contributed by atoms with E-state index in [-0.39, 0.29) is 12.6 Å². The van der Waals surface area contributed by atoms with Crippen molar-refractivity contribution in [1.29, 1.82) is 0 Å². The van der Waals surface area contributed by atoms with Crippen LogP contribution in [0.3, 0.4) is 0 Å². The summed E-state index contributed by atoms with van der Waals surface area (Å²) in [6.07, 6.45) is 4.58. The maximum Gasteiger partial charge on any atom is 0.269 e. The molecule has 1 fully saturated rings. The summed E-state index contributed by atoms with van der Waals surface area (Å²) >= 11 is 0. The fourth-order valence-electron chi connectivity index (χ4n) is 3.30. The third-order valence-corrected chi connectivity index (χ3v) is 4.88. The molecule has 0 aromatic heterocycles. The topological polar surface area (TPSA) is 97.9 Å². The molecule has 8 nitrogen and oxygen atoms in total. The number of nitrogens with one attached hydrogen (secondary N) is 3. The van der Waals surface area contributed by atoms with Gasteiger partial charge in [-0.3, -0.25) is 20.4 Å². The van der Waals surface area contributed by atoms with E-state index >= 15 is 0 Å². The highest BCUT2D eigenvalue weighted by atomic mass is 16.5. The van der Waals surface area contributed by atoms with E-state index in [4.69, 9.17) is 14.2 Å². The largest absolute Gasteiger partial charge is 0.495 e. The Hall–Kier alpha value is -3.42. The minimum Gasteiger partial charge on any atom is -0.495 e. The Morgan fingerprint density at radius 1 is 0.933 bits per heavy atom. The predicted octanol–water partition coefficient (Wildman–Crippen LogP) is 2.90. The van der Waals surface area contributed by atoms with Crippen molar-refractivity contribution < 1.29 is 23.8 Å². The molecular weight excluding hydrogens is 386 g/mol. The van der Waals surface area contributed by atoms with Crippen molar-refractivity contribution in [2.75, 3.05) is 26.1 Å². The van der Waals surface area contributed by atoms with Gasteiger partial charge in [-0.15, -0.1) is 0 Å². The SMILES string of the molecule is COc1ccccc1NCC(=O)NNC(=O)c1ccc(OC2CCCC2)c(OC)c1. The van der Waals surface area contributed by atoms with E-state index in [1.54, 1.807) is 37.4 Å². The first-order chi connectivity index (χ1) is 14.6. The molecule has 0 saturated heterocycles. The zero-order chi connectivity index (χ0) is 21.3. The van der Waals surface area contributed by atoms with Crippen LogP contribution in [0.25, 0.3) is 0 Å². The number of amides is 2. The number of anilines is 1. The molecule has 30 heavy (non-hydrogen) atoms. The van der Waals surface area contributed by atoms with Crippen molar-refractivity contribution >= 4 is 17.5 Å². The van der Waals surface area contributed by atoms with Crippen LogP contribution in [0.2, 0.25) is 0 Å². The molecule has 0 heterocycles. The van der Waals surface area contributed by atoms with Crippen LogP contribution in [-0.2, 0) is 4.79 Å². The molecule has 1 aliphatic carbocycles. The van der Waals surface area contributed by atoms with Crippen molar-refractivity contribution in [2.24, 2.45) is 0 Å². The summed E-state index contributed by atoms with van der Waals surface area (Å²) in [6, 6.07) is 12.2. The zero-order valence-electron chi connectivity index (χ0n) is 17.2. The third-order valence-electron chi connectivity index (χ3n) is 4.88. The highest BCUT2D eigenvalue weighted by molar-refractivity contribution is 5.96. The third kappa shape index (κ3) is 5.56. The average Bonchev–Trinajstić information content (AvgIpc) is 3.29. The van der Waals surface area contributed by atoms with Gasteiger partial charge in [-0.1, -0.05) is 12.1 Å². The standard InChI is InChI=1S/C22H27N3O5/c1-28-18-10-6-5-9-17(18)23-14-21(26)24-25-22(27)15-11-12-19(20(13-15)29-2)30-16-7-3-4-8-16/h5-6,9-13,16,23H,3-4,7-8,14H2,1-2H3,(H,24,26)(H,25,27). The lowest BCUT2D eigenvalue weighted by Gasteiger charge is -2.16. The molecule has 8 heteroatoms. The summed E-state index contributed by atoms with van der Waals surface area (Å²) in [5.74, 6) is 0.875. The van der Waals surface area contributed by atoms with Gasteiger partial charge >= 0.3 is 0 Å². The number of hydrogen-bond acceptors (Lipinski definition) is 6. The molecule has 0 atom stereocenters. The van der Waals surface area contributed by atoms with E-state index in [0.29, 0.717) is 28.5 Å². The average molecular weight is 413 g/mol. The molecule has 1 saturated carbocycles. The van der Waals surface area contributed by atoms with Gasteiger partial charge in [0.25, 0.3) is 11.8 Å². The molecule has 2 aromatic rings. The minimum atomic E-state index is -0.452. The highest BCUT2D eigenvalue weighted by Gasteiger charge is 2.19. The lowest BCUT2D eigenvalue weighted by Crippen LogP contribution is -2.44. The Morgan fingerprint density at radius 3 is 2.40 bits per heavy atom. The summed E-state index contributed by atoms with van der Waals surface area (Å²) in [5.41, 5.74) is 5.82. The number of carbonyl (C=O) groups excluding carboxylic acids is 2. The number of rotatable bonds is 8. The van der Waals surface area contributed by atoms with E-state index in [0.717, 1.165) is 12.8 Å². The monoisotopic (exact) mass is 413 g/mol. The number of methoxy groups -OCH3 is 2. The van der Waals surface area contributed by atoms with Crippen LogP contribution in [0.4, 0.5) is 5.69 Å². The van der Waals surface area contributed by atoms with Crippen LogP contribution < -0.4 is 30.4 Å². The summed E-state index contributed by atoms with van der Waals surface area (Å²) < 4.78 is 16.6. The van der Waals surface area contributed by atoms with Crippen molar-refractivity contribution in [3.63, 3.8) is 0 Å². The Bertz CT molecular complexity index is 881. The molecule has 1 aliphatic rings. The summed E-state index contributed by atoms with van der Waals surface area (Å²) in [7, 11) is 3.09. The van der Waals surface area contributed by atoms with Gasteiger partial charge in [0.2, 0.25) is 0 Å². The second-order valence-corrected chi connectivity index (χ2v) is 6.95. The van der Waals surface area contributed by atoms with Crippen molar-refractivity contribution in [3.05, 3.63) is 48.0 Å². The van der Waals surface area contributed by atoms with Gasteiger partial charge < -0.3 is 19.5 Å². The fraction of sp³-hybridized carbons (Fsp3) is 0.364. The predicted molar refractivity (Wildman–Crippen MR) is 113 cm³/mol. The maximum atomic E-state index is 12.4. The Morgan fingerprint density at radius 2 is 1.67 bits per heavy atom. The number of hydrazine groups is 1. The van der Waals surface area contributed by atoms with Crippen LogP contribution in [0.5, 0.6) is 17.2 Å². The van der Waals surface area contributed by atoms with Crippen LogP contribution in [0.1, 0.15) is 36.0 Å². The quantitative estimate of drug-likeness (QED) is 0.576. The van der Waals surface area contributed by atoms with Crippen LogP contribution in [0.15, 0.2) is 42.5 Å². The first-order valence-corrected chi connectivity index (χ1v) is 9.91. The van der Waals surface area contributed by atoms with Crippen molar-refractivity contribution in [1.82, 2.24) is 10.9 Å². The molecule has 0 bridgehead atoms. The number of carbonyl (C=O) groups is 2. The molecule has 3 N–H and O–H groups in total. The highest BCUT2D eigenvalue weighted by Crippen LogP contribution is 2.32. The van der Waals surface area contributed by atoms with E-state index in [2.05, 4.69) is 16.2 Å². The van der Waals surface area contributed by atoms with Crippen LogP contribution in [0, 0.1) is 0 Å². The summed E-state index contributed by atoms with van der Waals surface area (Å²) in [5, 5.41) is 2.96. The normalized spacial score (nSPS) is 13.4. The Kier molecular flexibility index (Phi) is 7.37. The Balaban J connectivity index is 1.51. The minimum absolute atomic E-state index is 0.0296. The van der Waals surface area contributed by atoms with Crippen LogP contribution >= 0.6 is 0 Å². The maximum absolute atomic E-state index is 12.4. The summed E-state index contributed by atoms with van der Waals surface area (Å²) in [6.45, 7) is -0.0296. The molecule has 0 aliphatic heterocycles. The van der Waals surface area contributed by atoms with Gasteiger partial charge in [0.1, 0.15) is 5.75 Å². The van der Waals surface area contributed by atoms with E-state index in [1.807, 2.05) is 12.1 Å². The molecule has 160 valence electrons. The van der Waals surface area contributed by atoms with Gasteiger partial charge in [0.05, 0.1) is 32.6 Å². The molecule has 0 radical (unpaired) electrons. The smallest absolute Gasteiger partial charge is 0.269 e. The number of para-hydroxylation sites is 2. The molecule has 3 rings (SSSR count).